The van der Waals surface area contributed by atoms with Gasteiger partial charge in [-0.05, 0) is 37.1 Å². The van der Waals surface area contributed by atoms with Crippen LogP contribution in [0.15, 0.2) is 18.2 Å². The van der Waals surface area contributed by atoms with Crippen molar-refractivity contribution in [3.05, 3.63) is 29.3 Å². The number of aryl methyl sites for hydroxylation is 2. The summed E-state index contributed by atoms with van der Waals surface area (Å²) in [6.45, 7) is 4.94. The van der Waals surface area contributed by atoms with Crippen molar-refractivity contribution in [2.75, 3.05) is 31.7 Å². The maximum Gasteiger partial charge on any atom is 0.252 e. The normalized spacial score (nSPS) is 10.4. The van der Waals surface area contributed by atoms with E-state index in [1.807, 2.05) is 26.0 Å². The van der Waals surface area contributed by atoms with Crippen molar-refractivity contribution < 1.29 is 9.53 Å². The second-order valence-electron chi connectivity index (χ2n) is 4.14. The van der Waals surface area contributed by atoms with E-state index in [2.05, 4.69) is 6.07 Å². The highest BCUT2D eigenvalue weighted by molar-refractivity contribution is 5.93. The summed E-state index contributed by atoms with van der Waals surface area (Å²) in [6.07, 6.45) is 0. The number of benzene rings is 1. The molecule has 0 radical (unpaired) electrons. The molecule has 0 aromatic heterocycles. The van der Waals surface area contributed by atoms with Gasteiger partial charge < -0.3 is 15.4 Å². The van der Waals surface area contributed by atoms with Crippen LogP contribution in [0, 0.1) is 13.8 Å². The molecule has 94 valence electrons. The third-order valence-corrected chi connectivity index (χ3v) is 2.46. The smallest absolute Gasteiger partial charge is 0.252 e. The molecule has 1 rings (SSSR count). The molecule has 0 spiro atoms. The molecular weight excluding hydrogens is 216 g/mol. The Bertz CT molecular complexity index is 371. The highest BCUT2D eigenvalue weighted by atomic mass is 16.5. The number of nitrogens with two attached hydrogens (primary N) is 1. The minimum Gasteiger partial charge on any atom is -0.370 e. The molecule has 2 N–H and O–H groups in total. The molecule has 0 fully saturated rings. The van der Waals surface area contributed by atoms with Crippen LogP contribution in [0.5, 0.6) is 0 Å². The molecule has 0 heterocycles. The highest BCUT2D eigenvalue weighted by Gasteiger charge is 2.11. The van der Waals surface area contributed by atoms with Gasteiger partial charge in [0.2, 0.25) is 0 Å². The predicted octanol–water partition coefficient (Wildman–Crippen LogP) is 1.24. The van der Waals surface area contributed by atoms with E-state index in [9.17, 15) is 4.79 Å². The van der Waals surface area contributed by atoms with Crippen LogP contribution in [-0.4, -0.2) is 32.7 Å². The SMILES string of the molecule is Cc1cc(C)cc(N(C)C(=O)COCCN)c1. The Kier molecular flexibility index (Phi) is 5.12. The van der Waals surface area contributed by atoms with Gasteiger partial charge in [-0.3, -0.25) is 4.79 Å². The van der Waals surface area contributed by atoms with Gasteiger partial charge in [-0.1, -0.05) is 6.07 Å². The van der Waals surface area contributed by atoms with Gasteiger partial charge in [-0.25, -0.2) is 0 Å². The monoisotopic (exact) mass is 236 g/mol. The minimum absolute atomic E-state index is 0.0662. The molecule has 0 atom stereocenters. The molecule has 0 aliphatic heterocycles. The van der Waals surface area contributed by atoms with Crippen molar-refractivity contribution in [1.82, 2.24) is 0 Å². The van der Waals surface area contributed by atoms with Gasteiger partial charge in [0.15, 0.2) is 0 Å². The van der Waals surface area contributed by atoms with Gasteiger partial charge in [0.1, 0.15) is 6.61 Å². The first kappa shape index (κ1) is 13.7. The summed E-state index contributed by atoms with van der Waals surface area (Å²) in [4.78, 5) is 13.4. The van der Waals surface area contributed by atoms with Crippen molar-refractivity contribution in [2.24, 2.45) is 5.73 Å². The first-order valence-corrected chi connectivity index (χ1v) is 5.67. The molecule has 4 nitrogen and oxygen atoms in total. The second-order valence-corrected chi connectivity index (χ2v) is 4.14. The van der Waals surface area contributed by atoms with Gasteiger partial charge in [0.25, 0.3) is 5.91 Å². The second kappa shape index (κ2) is 6.37. The van der Waals surface area contributed by atoms with Crippen LogP contribution >= 0.6 is 0 Å². The summed E-state index contributed by atoms with van der Waals surface area (Å²) in [5.74, 6) is -0.0662. The van der Waals surface area contributed by atoms with E-state index in [-0.39, 0.29) is 12.5 Å². The summed E-state index contributed by atoms with van der Waals surface area (Å²) in [5.41, 5.74) is 8.47. The van der Waals surface area contributed by atoms with E-state index < -0.39 is 0 Å². The van der Waals surface area contributed by atoms with Crippen molar-refractivity contribution >= 4 is 11.6 Å². The molecule has 0 aliphatic rings. The van der Waals surface area contributed by atoms with E-state index >= 15 is 0 Å². The van der Waals surface area contributed by atoms with Gasteiger partial charge in [0, 0.05) is 19.3 Å². The molecule has 0 saturated carbocycles. The fraction of sp³-hybridized carbons (Fsp3) is 0.462. The Labute approximate surface area is 102 Å². The van der Waals surface area contributed by atoms with Crippen LogP contribution in [0.3, 0.4) is 0 Å². The Morgan fingerprint density at radius 2 is 1.88 bits per heavy atom. The number of carbonyl (C=O) groups excluding carboxylic acids is 1. The van der Waals surface area contributed by atoms with E-state index in [4.69, 9.17) is 10.5 Å². The molecule has 1 aromatic carbocycles. The molecule has 4 heteroatoms. The number of anilines is 1. The first-order valence-electron chi connectivity index (χ1n) is 5.67. The molecule has 0 saturated heterocycles. The van der Waals surface area contributed by atoms with Crippen molar-refractivity contribution in [3.63, 3.8) is 0 Å². The van der Waals surface area contributed by atoms with Crippen LogP contribution in [0.4, 0.5) is 5.69 Å². The number of ether oxygens (including phenoxy) is 1. The van der Waals surface area contributed by atoms with Crippen molar-refractivity contribution in [1.29, 1.82) is 0 Å². The zero-order chi connectivity index (χ0) is 12.8. The number of nitrogens with zero attached hydrogens (tertiary/aromatic N) is 1. The van der Waals surface area contributed by atoms with Gasteiger partial charge in [-0.2, -0.15) is 0 Å². The number of hydrogen-bond donors (Lipinski definition) is 1. The lowest BCUT2D eigenvalue weighted by atomic mass is 10.1. The van der Waals surface area contributed by atoms with Crippen LogP contribution in [0.2, 0.25) is 0 Å². The summed E-state index contributed by atoms with van der Waals surface area (Å²) >= 11 is 0. The third-order valence-electron chi connectivity index (χ3n) is 2.46. The molecule has 17 heavy (non-hydrogen) atoms. The van der Waals surface area contributed by atoms with Gasteiger partial charge in [0.05, 0.1) is 6.61 Å². The molecule has 0 bridgehead atoms. The average Bonchev–Trinajstić information content (AvgIpc) is 2.27. The van der Waals surface area contributed by atoms with Crippen molar-refractivity contribution in [2.45, 2.75) is 13.8 Å². The molecule has 0 unspecified atom stereocenters. The Morgan fingerprint density at radius 3 is 2.41 bits per heavy atom. The maximum atomic E-state index is 11.8. The number of likely N-dealkylation sites (N-methyl/N-ethyl adjacent to an activating group) is 1. The third kappa shape index (κ3) is 4.17. The number of rotatable bonds is 5. The van der Waals surface area contributed by atoms with E-state index in [1.54, 1.807) is 11.9 Å². The summed E-state index contributed by atoms with van der Waals surface area (Å²) < 4.78 is 5.13. The zero-order valence-electron chi connectivity index (χ0n) is 10.7. The lowest BCUT2D eigenvalue weighted by molar-refractivity contribution is -0.122. The lowest BCUT2D eigenvalue weighted by Crippen LogP contribution is -2.31. The molecule has 1 amide bonds. The number of carbonyl (C=O) groups is 1. The van der Waals surface area contributed by atoms with Crippen LogP contribution in [-0.2, 0) is 9.53 Å². The zero-order valence-corrected chi connectivity index (χ0v) is 10.7. The summed E-state index contributed by atoms with van der Waals surface area (Å²) in [7, 11) is 1.75. The van der Waals surface area contributed by atoms with Gasteiger partial charge >= 0.3 is 0 Å². The van der Waals surface area contributed by atoms with Crippen LogP contribution in [0.25, 0.3) is 0 Å². The Hall–Kier alpha value is -1.39. The number of amides is 1. The van der Waals surface area contributed by atoms with E-state index in [0.29, 0.717) is 13.2 Å². The Balaban J connectivity index is 2.67. The quantitative estimate of drug-likeness (QED) is 0.783. The number of hydrogen-bond acceptors (Lipinski definition) is 3. The fourth-order valence-corrected chi connectivity index (χ4v) is 1.63. The topological polar surface area (TPSA) is 55.6 Å². The molecule has 0 aliphatic carbocycles. The highest BCUT2D eigenvalue weighted by Crippen LogP contribution is 2.17. The lowest BCUT2D eigenvalue weighted by Gasteiger charge is -2.18. The largest absolute Gasteiger partial charge is 0.370 e. The van der Waals surface area contributed by atoms with Crippen molar-refractivity contribution in [3.8, 4) is 0 Å². The first-order chi connectivity index (χ1) is 8.04. The van der Waals surface area contributed by atoms with E-state index in [0.717, 1.165) is 16.8 Å². The maximum absolute atomic E-state index is 11.8. The molecule has 1 aromatic rings. The summed E-state index contributed by atoms with van der Waals surface area (Å²) in [6, 6.07) is 6.04. The van der Waals surface area contributed by atoms with E-state index in [1.165, 1.54) is 0 Å². The average molecular weight is 236 g/mol. The molecular formula is C13H20N2O2. The standard InChI is InChI=1S/C13H20N2O2/c1-10-6-11(2)8-12(7-10)15(3)13(16)9-17-5-4-14/h6-8H,4-5,9,14H2,1-3H3. The Morgan fingerprint density at radius 1 is 1.29 bits per heavy atom. The predicted molar refractivity (Wildman–Crippen MR) is 69.2 cm³/mol. The van der Waals surface area contributed by atoms with Crippen LogP contribution in [0.1, 0.15) is 11.1 Å². The fourth-order valence-electron chi connectivity index (χ4n) is 1.63. The minimum atomic E-state index is -0.0662. The van der Waals surface area contributed by atoms with Crippen LogP contribution < -0.4 is 10.6 Å². The summed E-state index contributed by atoms with van der Waals surface area (Å²) in [5, 5.41) is 0. The van der Waals surface area contributed by atoms with Gasteiger partial charge in [-0.15, -0.1) is 0 Å².